The fourth-order valence-electron chi connectivity index (χ4n) is 2.04. The van der Waals surface area contributed by atoms with Crippen LogP contribution in [0.5, 0.6) is 0 Å². The van der Waals surface area contributed by atoms with Crippen molar-refractivity contribution >= 4 is 21.7 Å². The Hall–Kier alpha value is -0.710. The summed E-state index contributed by atoms with van der Waals surface area (Å²) in [6, 6.07) is 7.14. The zero-order valence-corrected chi connectivity index (χ0v) is 13.6. The van der Waals surface area contributed by atoms with Gasteiger partial charge in [-0.05, 0) is 39.4 Å². The lowest BCUT2D eigenvalue weighted by Crippen LogP contribution is -2.46. The third-order valence-corrected chi connectivity index (χ3v) is 3.58. The number of hydrogen-bond donors (Lipinski definition) is 1. The molecular weight excluding hydrogens is 306 g/mol. The lowest BCUT2D eigenvalue weighted by atomic mass is 10.0. The summed E-state index contributed by atoms with van der Waals surface area (Å²) in [5, 5.41) is 9.90. The van der Waals surface area contributed by atoms with Crippen LogP contribution in [0.1, 0.15) is 38.1 Å². The van der Waals surface area contributed by atoms with Crippen LogP contribution < -0.4 is 0 Å². The van der Waals surface area contributed by atoms with E-state index in [1.165, 1.54) is 0 Å². The van der Waals surface area contributed by atoms with Gasteiger partial charge in [-0.2, -0.15) is 0 Å². The maximum atomic E-state index is 12.4. The van der Waals surface area contributed by atoms with Crippen molar-refractivity contribution in [3.8, 4) is 0 Å². The summed E-state index contributed by atoms with van der Waals surface area (Å²) in [6.07, 6.45) is 0. The second-order valence-electron chi connectivity index (χ2n) is 5.42. The van der Waals surface area contributed by atoms with E-state index in [1.807, 2.05) is 43.0 Å². The molecule has 0 fully saturated rings. The molecule has 1 aromatic rings. The van der Waals surface area contributed by atoms with Crippen molar-refractivity contribution in [2.45, 2.75) is 39.3 Å². The molecule has 1 rings (SSSR count). The molecule has 0 amide bonds. The van der Waals surface area contributed by atoms with Crippen molar-refractivity contribution in [1.29, 1.82) is 0 Å². The van der Waals surface area contributed by atoms with Gasteiger partial charge in [0.05, 0.1) is 11.6 Å². The molecule has 4 heteroatoms. The normalized spacial score (nSPS) is 13.6. The number of benzene rings is 1. The number of nitrogens with zero attached hydrogens (tertiary/aromatic N) is 1. The van der Waals surface area contributed by atoms with Gasteiger partial charge in [0.2, 0.25) is 0 Å². The number of carbonyl (C=O) groups excluding carboxylic acids is 1. The second-order valence-corrected chi connectivity index (χ2v) is 6.34. The first-order valence-electron chi connectivity index (χ1n) is 6.51. The molecule has 1 N–H and O–H groups in total. The third-order valence-electron chi connectivity index (χ3n) is 3.05. The van der Waals surface area contributed by atoms with E-state index < -0.39 is 5.60 Å². The van der Waals surface area contributed by atoms with Crippen molar-refractivity contribution in [3.63, 3.8) is 0 Å². The summed E-state index contributed by atoms with van der Waals surface area (Å²) >= 11 is 3.36. The number of Topliss-reactive ketones (excluding diaryl/α,β-unsaturated/α-hetero) is 1. The molecule has 3 nitrogen and oxygen atoms in total. The van der Waals surface area contributed by atoms with Crippen LogP contribution in [0.25, 0.3) is 0 Å². The Morgan fingerprint density at radius 2 is 1.89 bits per heavy atom. The van der Waals surface area contributed by atoms with Crippen LogP contribution >= 0.6 is 15.9 Å². The lowest BCUT2D eigenvalue weighted by molar-refractivity contribution is 0.0254. The Labute approximate surface area is 123 Å². The van der Waals surface area contributed by atoms with Gasteiger partial charge in [0.15, 0.2) is 5.78 Å². The molecule has 0 spiro atoms. The minimum Gasteiger partial charge on any atom is -0.389 e. The van der Waals surface area contributed by atoms with E-state index in [4.69, 9.17) is 0 Å². The third kappa shape index (κ3) is 5.05. The van der Waals surface area contributed by atoms with Crippen molar-refractivity contribution in [3.05, 3.63) is 34.3 Å². The molecular formula is C15H22BrNO2. The number of carbonyl (C=O) groups is 1. The monoisotopic (exact) mass is 327 g/mol. The van der Waals surface area contributed by atoms with Crippen LogP contribution in [0.4, 0.5) is 0 Å². The molecule has 0 heterocycles. The second kappa shape index (κ2) is 6.64. The molecule has 1 atom stereocenters. The first kappa shape index (κ1) is 16.3. The average molecular weight is 328 g/mol. The van der Waals surface area contributed by atoms with Gasteiger partial charge in [-0.3, -0.25) is 9.69 Å². The summed E-state index contributed by atoms with van der Waals surface area (Å²) in [6.45, 7) is 8.61. The summed E-state index contributed by atoms with van der Waals surface area (Å²) in [7, 11) is 0. The Balaban J connectivity index is 2.82. The molecule has 106 valence electrons. The minimum absolute atomic E-state index is 0.0820. The zero-order chi connectivity index (χ0) is 14.6. The van der Waals surface area contributed by atoms with Gasteiger partial charge >= 0.3 is 0 Å². The van der Waals surface area contributed by atoms with Crippen LogP contribution in [0.15, 0.2) is 28.7 Å². The van der Waals surface area contributed by atoms with Crippen molar-refractivity contribution in [2.75, 3.05) is 13.1 Å². The summed E-state index contributed by atoms with van der Waals surface area (Å²) in [4.78, 5) is 14.4. The molecule has 19 heavy (non-hydrogen) atoms. The molecule has 1 aromatic carbocycles. The SMILES string of the molecule is CCN(CC(C)(C)O)C(C)C(=O)c1ccc(Br)cc1. The van der Waals surface area contributed by atoms with E-state index in [1.54, 1.807) is 13.8 Å². The molecule has 0 aromatic heterocycles. The van der Waals surface area contributed by atoms with E-state index in [2.05, 4.69) is 15.9 Å². The molecule has 0 aliphatic heterocycles. The predicted octanol–water partition coefficient (Wildman–Crippen LogP) is 3.11. The highest BCUT2D eigenvalue weighted by molar-refractivity contribution is 9.10. The number of likely N-dealkylation sites (N-methyl/N-ethyl adjacent to an activating group) is 1. The number of halogens is 1. The highest BCUT2D eigenvalue weighted by atomic mass is 79.9. The first-order chi connectivity index (χ1) is 8.74. The van der Waals surface area contributed by atoms with E-state index in [9.17, 15) is 9.90 Å². The topological polar surface area (TPSA) is 40.5 Å². The van der Waals surface area contributed by atoms with Crippen molar-refractivity contribution < 1.29 is 9.90 Å². The van der Waals surface area contributed by atoms with E-state index in [0.29, 0.717) is 12.1 Å². The van der Waals surface area contributed by atoms with Gasteiger partial charge in [-0.25, -0.2) is 0 Å². The van der Waals surface area contributed by atoms with Crippen LogP contribution in [0.3, 0.4) is 0 Å². The number of hydrogen-bond acceptors (Lipinski definition) is 3. The molecule has 0 saturated heterocycles. The summed E-state index contributed by atoms with van der Waals surface area (Å²) in [5.74, 6) is 0.0820. The molecule has 0 radical (unpaired) electrons. The Bertz CT molecular complexity index is 423. The van der Waals surface area contributed by atoms with E-state index in [-0.39, 0.29) is 11.8 Å². The van der Waals surface area contributed by atoms with Crippen LogP contribution in [-0.4, -0.2) is 40.5 Å². The quantitative estimate of drug-likeness (QED) is 0.816. The highest BCUT2D eigenvalue weighted by Gasteiger charge is 2.26. The Morgan fingerprint density at radius 3 is 2.32 bits per heavy atom. The molecule has 0 saturated carbocycles. The van der Waals surface area contributed by atoms with Gasteiger partial charge in [-0.15, -0.1) is 0 Å². The largest absolute Gasteiger partial charge is 0.389 e. The molecule has 0 aliphatic carbocycles. The Kier molecular flexibility index (Phi) is 5.71. The van der Waals surface area contributed by atoms with Gasteiger partial charge in [-0.1, -0.05) is 35.0 Å². The fraction of sp³-hybridized carbons (Fsp3) is 0.533. The number of ketones is 1. The van der Waals surface area contributed by atoms with Crippen LogP contribution in [-0.2, 0) is 0 Å². The minimum atomic E-state index is -0.801. The van der Waals surface area contributed by atoms with Gasteiger partial charge in [0.1, 0.15) is 0 Å². The number of aliphatic hydroxyl groups is 1. The van der Waals surface area contributed by atoms with Gasteiger partial charge < -0.3 is 5.11 Å². The lowest BCUT2D eigenvalue weighted by Gasteiger charge is -2.32. The molecule has 0 aliphatic rings. The van der Waals surface area contributed by atoms with Gasteiger partial charge in [0, 0.05) is 16.6 Å². The zero-order valence-electron chi connectivity index (χ0n) is 12.0. The van der Waals surface area contributed by atoms with Crippen molar-refractivity contribution in [2.24, 2.45) is 0 Å². The highest BCUT2D eigenvalue weighted by Crippen LogP contribution is 2.15. The molecule has 1 unspecified atom stereocenters. The van der Waals surface area contributed by atoms with Gasteiger partial charge in [0.25, 0.3) is 0 Å². The first-order valence-corrected chi connectivity index (χ1v) is 7.30. The van der Waals surface area contributed by atoms with Crippen molar-refractivity contribution in [1.82, 2.24) is 4.90 Å². The number of rotatable bonds is 6. The fourth-order valence-corrected chi connectivity index (χ4v) is 2.31. The van der Waals surface area contributed by atoms with Crippen LogP contribution in [0.2, 0.25) is 0 Å². The van der Waals surface area contributed by atoms with E-state index in [0.717, 1.165) is 11.0 Å². The Morgan fingerprint density at radius 1 is 1.37 bits per heavy atom. The van der Waals surface area contributed by atoms with E-state index >= 15 is 0 Å². The predicted molar refractivity (Wildman–Crippen MR) is 81.5 cm³/mol. The maximum absolute atomic E-state index is 12.4. The molecule has 0 bridgehead atoms. The average Bonchev–Trinajstić information content (AvgIpc) is 2.34. The smallest absolute Gasteiger partial charge is 0.179 e. The maximum Gasteiger partial charge on any atom is 0.179 e. The standard InChI is InChI=1S/C15H22BrNO2/c1-5-17(10-15(3,4)19)11(2)14(18)12-6-8-13(16)9-7-12/h6-9,11,19H,5,10H2,1-4H3. The summed E-state index contributed by atoms with van der Waals surface area (Å²) in [5.41, 5.74) is -0.102. The van der Waals surface area contributed by atoms with Crippen LogP contribution in [0, 0.1) is 0 Å². The summed E-state index contributed by atoms with van der Waals surface area (Å²) < 4.78 is 0.959.